The fourth-order valence-electron chi connectivity index (χ4n) is 6.87. The van der Waals surface area contributed by atoms with Crippen LogP contribution in [0.2, 0.25) is 0 Å². The Labute approximate surface area is 266 Å². The van der Waals surface area contributed by atoms with E-state index >= 15 is 0 Å². The van der Waals surface area contributed by atoms with Gasteiger partial charge in [0.2, 0.25) is 5.95 Å². The highest BCUT2D eigenvalue weighted by Gasteiger charge is 2.39. The molecule has 2 aliphatic rings. The number of halogens is 1. The molecule has 2 fully saturated rings. The van der Waals surface area contributed by atoms with E-state index in [2.05, 4.69) is 15.3 Å². The van der Waals surface area contributed by atoms with E-state index in [4.69, 9.17) is 29.3 Å². The van der Waals surface area contributed by atoms with Crippen LogP contribution in [0.25, 0.3) is 16.6 Å². The molecule has 1 saturated heterocycles. The number of benzene rings is 2. The standard InChI is InChI=1S/C33H39FN8O4/c1-33(43)11-5-8-29(33)41-19-22(17-36-41)40-12-6-7-21(18-40)30-38-31-24-14-25(34)28(46-4)15-26(24)37-32(42(31)39-30)35-16-20-9-10-23(44-2)13-27(20)45-3/h9-10,13-15,17,19,21,29,43H,5-8,11-12,16,18H2,1-4H3,(H,35,37)/t21-,29?,33?/m1/s1. The van der Waals surface area contributed by atoms with Gasteiger partial charge in [-0.15, -0.1) is 5.10 Å². The van der Waals surface area contributed by atoms with Gasteiger partial charge in [0, 0.05) is 54.8 Å². The lowest BCUT2D eigenvalue weighted by atomic mass is 9.97. The molecule has 4 heterocycles. The lowest BCUT2D eigenvalue weighted by Gasteiger charge is -2.32. The van der Waals surface area contributed by atoms with Crippen LogP contribution in [0.3, 0.4) is 0 Å². The van der Waals surface area contributed by atoms with E-state index in [0.717, 1.165) is 49.9 Å². The van der Waals surface area contributed by atoms with Crippen molar-refractivity contribution in [2.24, 2.45) is 0 Å². The first-order valence-electron chi connectivity index (χ1n) is 15.7. The van der Waals surface area contributed by atoms with E-state index in [-0.39, 0.29) is 17.7 Å². The monoisotopic (exact) mass is 630 g/mol. The normalized spacial score (nSPS) is 21.7. The average molecular weight is 631 g/mol. The smallest absolute Gasteiger partial charge is 0.226 e. The molecule has 0 radical (unpaired) electrons. The summed E-state index contributed by atoms with van der Waals surface area (Å²) in [5, 5.41) is 24.4. The quantitative estimate of drug-likeness (QED) is 0.227. The van der Waals surface area contributed by atoms with Crippen LogP contribution in [0.4, 0.5) is 16.0 Å². The maximum absolute atomic E-state index is 14.9. The molecule has 242 valence electrons. The highest BCUT2D eigenvalue weighted by Crippen LogP contribution is 2.40. The maximum Gasteiger partial charge on any atom is 0.226 e. The van der Waals surface area contributed by atoms with Crippen molar-refractivity contribution in [1.82, 2.24) is 29.4 Å². The Kier molecular flexibility index (Phi) is 7.79. The van der Waals surface area contributed by atoms with Crippen LogP contribution < -0.4 is 24.4 Å². The van der Waals surface area contributed by atoms with Gasteiger partial charge in [0.25, 0.3) is 0 Å². The van der Waals surface area contributed by atoms with Gasteiger partial charge in [0.15, 0.2) is 23.0 Å². The van der Waals surface area contributed by atoms with Crippen molar-refractivity contribution in [2.75, 3.05) is 44.6 Å². The third-order valence-electron chi connectivity index (χ3n) is 9.43. The van der Waals surface area contributed by atoms with Crippen LogP contribution in [0.5, 0.6) is 17.2 Å². The summed E-state index contributed by atoms with van der Waals surface area (Å²) in [5.74, 6) is 2.16. The Hall–Kier alpha value is -4.65. The van der Waals surface area contributed by atoms with E-state index in [1.165, 1.54) is 13.2 Å². The minimum Gasteiger partial charge on any atom is -0.497 e. The van der Waals surface area contributed by atoms with E-state index in [1.54, 1.807) is 24.8 Å². The Morgan fingerprint density at radius 2 is 1.89 bits per heavy atom. The van der Waals surface area contributed by atoms with Gasteiger partial charge in [0.1, 0.15) is 11.5 Å². The van der Waals surface area contributed by atoms with Gasteiger partial charge in [-0.3, -0.25) is 4.68 Å². The van der Waals surface area contributed by atoms with Gasteiger partial charge >= 0.3 is 0 Å². The number of aromatic nitrogens is 6. The molecule has 1 saturated carbocycles. The molecule has 2 aromatic carbocycles. The van der Waals surface area contributed by atoms with Crippen LogP contribution in [0.1, 0.15) is 62.4 Å². The second kappa shape index (κ2) is 11.9. The molecular formula is C33H39FN8O4. The van der Waals surface area contributed by atoms with Crippen molar-refractivity contribution in [3.05, 3.63) is 59.9 Å². The molecule has 1 aliphatic carbocycles. The molecule has 2 N–H and O–H groups in total. The molecule has 1 aliphatic heterocycles. The number of piperidine rings is 1. The minimum atomic E-state index is -0.751. The zero-order valence-electron chi connectivity index (χ0n) is 26.5. The fourth-order valence-corrected chi connectivity index (χ4v) is 6.87. The van der Waals surface area contributed by atoms with Crippen molar-refractivity contribution < 1.29 is 23.7 Å². The summed E-state index contributed by atoms with van der Waals surface area (Å²) in [7, 11) is 4.66. The largest absolute Gasteiger partial charge is 0.497 e. The first-order chi connectivity index (χ1) is 22.3. The number of rotatable bonds is 9. The second-order valence-corrected chi connectivity index (χ2v) is 12.4. The first-order valence-corrected chi connectivity index (χ1v) is 15.7. The third kappa shape index (κ3) is 5.42. The summed E-state index contributed by atoms with van der Waals surface area (Å²) in [6.45, 7) is 3.89. The van der Waals surface area contributed by atoms with Crippen molar-refractivity contribution in [3.63, 3.8) is 0 Å². The molecule has 0 bridgehead atoms. The number of nitrogens with zero attached hydrogens (tertiary/aromatic N) is 7. The predicted molar refractivity (Wildman–Crippen MR) is 172 cm³/mol. The minimum absolute atomic E-state index is 0.0226. The molecule has 7 rings (SSSR count). The van der Waals surface area contributed by atoms with Crippen LogP contribution in [-0.2, 0) is 6.54 Å². The number of fused-ring (bicyclic) bond motifs is 3. The van der Waals surface area contributed by atoms with Gasteiger partial charge in [-0.05, 0) is 57.2 Å². The summed E-state index contributed by atoms with van der Waals surface area (Å²) in [4.78, 5) is 12.1. The van der Waals surface area contributed by atoms with Crippen LogP contribution in [0.15, 0.2) is 42.7 Å². The van der Waals surface area contributed by atoms with Crippen molar-refractivity contribution in [2.45, 2.75) is 63.1 Å². The Bertz CT molecular complexity index is 1890. The van der Waals surface area contributed by atoms with Gasteiger partial charge in [0.05, 0.1) is 50.4 Å². The van der Waals surface area contributed by atoms with Crippen LogP contribution >= 0.6 is 0 Å². The summed E-state index contributed by atoms with van der Waals surface area (Å²) >= 11 is 0. The lowest BCUT2D eigenvalue weighted by molar-refractivity contribution is 0.0222. The van der Waals surface area contributed by atoms with Gasteiger partial charge in [-0.25, -0.2) is 14.4 Å². The molecular weight excluding hydrogens is 591 g/mol. The lowest BCUT2D eigenvalue weighted by Crippen LogP contribution is -2.35. The summed E-state index contributed by atoms with van der Waals surface area (Å²) < 4.78 is 34.7. The molecule has 5 aromatic rings. The molecule has 46 heavy (non-hydrogen) atoms. The summed E-state index contributed by atoms with van der Waals surface area (Å²) in [6, 6.07) is 8.60. The molecule has 3 aromatic heterocycles. The molecule has 0 spiro atoms. The fraction of sp³-hybridized carbons (Fsp3) is 0.455. The number of hydrogen-bond acceptors (Lipinski definition) is 10. The summed E-state index contributed by atoms with van der Waals surface area (Å²) in [5.41, 5.74) is 2.22. The number of nitrogens with one attached hydrogen (secondary N) is 1. The van der Waals surface area contributed by atoms with Gasteiger partial charge in [-0.2, -0.15) is 9.61 Å². The third-order valence-corrected chi connectivity index (χ3v) is 9.43. The average Bonchev–Trinajstić information content (AvgIpc) is 3.82. The number of aliphatic hydroxyl groups is 1. The topological polar surface area (TPSA) is 124 Å². The zero-order valence-corrected chi connectivity index (χ0v) is 26.5. The molecule has 2 unspecified atom stereocenters. The van der Waals surface area contributed by atoms with Crippen molar-refractivity contribution >= 4 is 28.2 Å². The van der Waals surface area contributed by atoms with Crippen LogP contribution in [-0.4, -0.2) is 74.5 Å². The zero-order chi connectivity index (χ0) is 32.0. The number of methoxy groups -OCH3 is 3. The SMILES string of the molecule is COc1ccc(CNc2nc3cc(OC)c(F)cc3c3nc([C@@H]4CCCN(c5cnn(C6CCCC6(C)O)c5)C4)nn23)c(OC)c1. The molecule has 3 atom stereocenters. The molecule has 13 heteroatoms. The Morgan fingerprint density at radius 3 is 2.65 bits per heavy atom. The van der Waals surface area contributed by atoms with E-state index < -0.39 is 11.4 Å². The highest BCUT2D eigenvalue weighted by molar-refractivity contribution is 5.93. The predicted octanol–water partition coefficient (Wildman–Crippen LogP) is 5.11. The van der Waals surface area contributed by atoms with Gasteiger partial charge in [-0.1, -0.05) is 0 Å². The summed E-state index contributed by atoms with van der Waals surface area (Å²) in [6.07, 6.45) is 8.49. The second-order valence-electron chi connectivity index (χ2n) is 12.4. The van der Waals surface area contributed by atoms with E-state index in [9.17, 15) is 9.50 Å². The van der Waals surface area contributed by atoms with E-state index in [1.807, 2.05) is 42.2 Å². The molecule has 0 amide bonds. The van der Waals surface area contributed by atoms with Crippen molar-refractivity contribution in [1.29, 1.82) is 0 Å². The maximum atomic E-state index is 14.9. The van der Waals surface area contributed by atoms with Crippen molar-refractivity contribution in [3.8, 4) is 17.2 Å². The highest BCUT2D eigenvalue weighted by atomic mass is 19.1. The van der Waals surface area contributed by atoms with Gasteiger partial charge < -0.3 is 29.5 Å². The molecule has 12 nitrogen and oxygen atoms in total. The number of hydrogen-bond donors (Lipinski definition) is 2. The van der Waals surface area contributed by atoms with E-state index in [0.29, 0.717) is 52.9 Å². The van der Waals surface area contributed by atoms with Crippen LogP contribution in [0, 0.1) is 5.82 Å². The number of ether oxygens (including phenoxy) is 3. The Morgan fingerprint density at radius 1 is 1.04 bits per heavy atom. The number of anilines is 2. The first kappa shape index (κ1) is 30.0. The Balaban J connectivity index is 1.21.